The van der Waals surface area contributed by atoms with Crippen molar-refractivity contribution >= 4 is 21.6 Å². The Morgan fingerprint density at radius 2 is 2.10 bits per heavy atom. The van der Waals surface area contributed by atoms with E-state index >= 15 is 0 Å². The zero-order valence-electron chi connectivity index (χ0n) is 10.8. The Morgan fingerprint density at radius 3 is 2.75 bits per heavy atom. The number of nitrogens with zero attached hydrogens (tertiary/aromatic N) is 1. The lowest BCUT2D eigenvalue weighted by Crippen LogP contribution is -2.23. The van der Waals surface area contributed by atoms with Gasteiger partial charge in [0.2, 0.25) is 10.0 Å². The minimum Gasteiger partial charge on any atom is -0.360 e. The fraction of sp³-hybridized carbons (Fsp3) is 0.250. The maximum absolute atomic E-state index is 12.2. The zero-order chi connectivity index (χ0) is 14.6. The summed E-state index contributed by atoms with van der Waals surface area (Å²) in [6, 6.07) is 6.47. The van der Waals surface area contributed by atoms with Crippen molar-refractivity contribution in [3.63, 3.8) is 0 Å². The molecule has 0 saturated carbocycles. The summed E-state index contributed by atoms with van der Waals surface area (Å²) in [7, 11) is -1.92. The van der Waals surface area contributed by atoms with E-state index in [1.807, 2.05) is 0 Å². The molecule has 20 heavy (non-hydrogen) atoms. The lowest BCUT2D eigenvalue weighted by Gasteiger charge is -2.09. The summed E-state index contributed by atoms with van der Waals surface area (Å²) in [5.74, 6) is 0.427. The monoisotopic (exact) mass is 315 g/mol. The van der Waals surface area contributed by atoms with Gasteiger partial charge in [-0.2, -0.15) is 0 Å². The molecule has 0 radical (unpaired) electrons. The number of hydrogen-bond donors (Lipinski definition) is 2. The van der Waals surface area contributed by atoms with Crippen molar-refractivity contribution in [1.82, 2.24) is 15.2 Å². The summed E-state index contributed by atoms with van der Waals surface area (Å²) in [4.78, 5) is 0.0476. The third kappa shape index (κ3) is 3.57. The van der Waals surface area contributed by atoms with Crippen LogP contribution in [0.5, 0.6) is 0 Å². The van der Waals surface area contributed by atoms with E-state index in [0.29, 0.717) is 12.3 Å². The highest BCUT2D eigenvalue weighted by atomic mass is 35.5. The normalized spacial score (nSPS) is 11.7. The molecule has 0 unspecified atom stereocenters. The number of nitrogens with one attached hydrogen (secondary N) is 2. The molecule has 2 N–H and O–H groups in total. The Balaban J connectivity index is 2.21. The van der Waals surface area contributed by atoms with Crippen molar-refractivity contribution in [1.29, 1.82) is 0 Å². The molecule has 0 spiro atoms. The Bertz CT molecular complexity index is 671. The Labute approximate surface area is 122 Å². The van der Waals surface area contributed by atoms with Crippen LogP contribution in [-0.4, -0.2) is 20.6 Å². The van der Waals surface area contributed by atoms with Crippen molar-refractivity contribution in [3.8, 4) is 0 Å². The molecule has 6 nitrogen and oxygen atoms in total. The molecule has 1 aromatic carbocycles. The van der Waals surface area contributed by atoms with Crippen LogP contribution >= 0.6 is 11.6 Å². The molecule has 2 aromatic rings. The summed E-state index contributed by atoms with van der Waals surface area (Å²) in [6.07, 6.45) is 1.45. The molecule has 0 aliphatic carbocycles. The van der Waals surface area contributed by atoms with Gasteiger partial charge < -0.3 is 9.84 Å². The van der Waals surface area contributed by atoms with Gasteiger partial charge in [-0.15, -0.1) is 0 Å². The standard InChI is InChI=1S/C12H14ClN3O3S/c1-14-7-9-2-3-11(13)12(6-9)20(17,18)16-8-10-4-5-15-19-10/h2-6,14,16H,7-8H2,1H3. The molecular formula is C12H14ClN3O3S. The summed E-state index contributed by atoms with van der Waals surface area (Å²) in [6.45, 7) is 0.580. The highest BCUT2D eigenvalue weighted by molar-refractivity contribution is 7.89. The molecule has 0 bridgehead atoms. The SMILES string of the molecule is CNCc1ccc(Cl)c(S(=O)(=O)NCc2ccno2)c1. The highest BCUT2D eigenvalue weighted by Gasteiger charge is 2.18. The Morgan fingerprint density at radius 1 is 1.30 bits per heavy atom. The summed E-state index contributed by atoms with van der Waals surface area (Å²) in [5, 5.41) is 6.64. The average molecular weight is 316 g/mol. The fourth-order valence-electron chi connectivity index (χ4n) is 1.65. The van der Waals surface area contributed by atoms with E-state index in [1.54, 1.807) is 31.3 Å². The molecule has 0 aliphatic heterocycles. The molecule has 0 fully saturated rings. The zero-order valence-corrected chi connectivity index (χ0v) is 12.3. The van der Waals surface area contributed by atoms with Crippen molar-refractivity contribution in [2.45, 2.75) is 18.0 Å². The molecule has 2 rings (SSSR count). The van der Waals surface area contributed by atoms with Crippen LogP contribution in [0.25, 0.3) is 0 Å². The molecular weight excluding hydrogens is 302 g/mol. The fourth-order valence-corrected chi connectivity index (χ4v) is 3.19. The minimum atomic E-state index is -3.71. The van der Waals surface area contributed by atoms with Crippen LogP contribution < -0.4 is 10.0 Å². The van der Waals surface area contributed by atoms with E-state index in [-0.39, 0.29) is 16.5 Å². The van der Waals surface area contributed by atoms with Crippen LogP contribution in [0.3, 0.4) is 0 Å². The minimum absolute atomic E-state index is 0.0227. The third-order valence-corrected chi connectivity index (χ3v) is 4.48. The topological polar surface area (TPSA) is 84.2 Å². The smallest absolute Gasteiger partial charge is 0.242 e. The van der Waals surface area contributed by atoms with Crippen LogP contribution in [0, 0.1) is 0 Å². The molecule has 0 amide bonds. The van der Waals surface area contributed by atoms with Gasteiger partial charge in [-0.3, -0.25) is 0 Å². The predicted octanol–water partition coefficient (Wildman–Crippen LogP) is 1.53. The van der Waals surface area contributed by atoms with E-state index < -0.39 is 10.0 Å². The van der Waals surface area contributed by atoms with Gasteiger partial charge in [0, 0.05) is 12.6 Å². The van der Waals surface area contributed by atoms with Gasteiger partial charge in [-0.05, 0) is 24.7 Å². The lowest BCUT2D eigenvalue weighted by molar-refractivity contribution is 0.380. The van der Waals surface area contributed by atoms with Crippen molar-refractivity contribution in [3.05, 3.63) is 46.8 Å². The van der Waals surface area contributed by atoms with Crippen molar-refractivity contribution in [2.24, 2.45) is 0 Å². The maximum Gasteiger partial charge on any atom is 0.242 e. The van der Waals surface area contributed by atoms with Crippen molar-refractivity contribution in [2.75, 3.05) is 7.05 Å². The number of aromatic nitrogens is 1. The van der Waals surface area contributed by atoms with Gasteiger partial charge in [-0.1, -0.05) is 22.8 Å². The first-order chi connectivity index (χ1) is 9.53. The van der Waals surface area contributed by atoms with Crippen LogP contribution in [0.2, 0.25) is 5.02 Å². The van der Waals surface area contributed by atoms with Gasteiger partial charge in [0.25, 0.3) is 0 Å². The second-order valence-corrected chi connectivity index (χ2v) is 6.24. The van der Waals surface area contributed by atoms with E-state index in [1.165, 1.54) is 6.20 Å². The molecule has 1 heterocycles. The average Bonchev–Trinajstić information content (AvgIpc) is 2.92. The first-order valence-corrected chi connectivity index (χ1v) is 7.71. The quantitative estimate of drug-likeness (QED) is 0.844. The predicted molar refractivity (Wildman–Crippen MR) is 74.7 cm³/mol. The number of benzene rings is 1. The molecule has 0 aliphatic rings. The number of halogens is 1. The number of rotatable bonds is 6. The second-order valence-electron chi connectivity index (χ2n) is 4.10. The van der Waals surface area contributed by atoms with Gasteiger partial charge in [0.05, 0.1) is 17.8 Å². The van der Waals surface area contributed by atoms with Crippen LogP contribution in [0.4, 0.5) is 0 Å². The van der Waals surface area contributed by atoms with Crippen molar-refractivity contribution < 1.29 is 12.9 Å². The summed E-state index contributed by atoms with van der Waals surface area (Å²) >= 11 is 5.97. The second kappa shape index (κ2) is 6.36. The van der Waals surface area contributed by atoms with Gasteiger partial charge >= 0.3 is 0 Å². The Hall–Kier alpha value is -1.41. The number of sulfonamides is 1. The van der Waals surface area contributed by atoms with Crippen LogP contribution in [0.1, 0.15) is 11.3 Å². The lowest BCUT2D eigenvalue weighted by atomic mass is 10.2. The molecule has 8 heteroatoms. The van der Waals surface area contributed by atoms with E-state index in [9.17, 15) is 8.42 Å². The summed E-state index contributed by atoms with van der Waals surface area (Å²) < 4.78 is 31.7. The van der Waals surface area contributed by atoms with Gasteiger partial charge in [0.1, 0.15) is 4.90 Å². The van der Waals surface area contributed by atoms with Crippen LogP contribution in [-0.2, 0) is 23.1 Å². The summed E-state index contributed by atoms with van der Waals surface area (Å²) in [5.41, 5.74) is 0.831. The molecule has 0 saturated heterocycles. The maximum atomic E-state index is 12.2. The molecule has 0 atom stereocenters. The highest BCUT2D eigenvalue weighted by Crippen LogP contribution is 2.22. The third-order valence-electron chi connectivity index (χ3n) is 2.59. The van der Waals surface area contributed by atoms with Crippen LogP contribution in [0.15, 0.2) is 39.9 Å². The first-order valence-electron chi connectivity index (χ1n) is 5.85. The van der Waals surface area contributed by atoms with E-state index in [0.717, 1.165) is 5.56 Å². The van der Waals surface area contributed by atoms with Gasteiger partial charge in [-0.25, -0.2) is 13.1 Å². The largest absolute Gasteiger partial charge is 0.360 e. The molecule has 1 aromatic heterocycles. The first kappa shape index (κ1) is 15.0. The van der Waals surface area contributed by atoms with E-state index in [4.69, 9.17) is 16.1 Å². The molecule has 108 valence electrons. The van der Waals surface area contributed by atoms with E-state index in [2.05, 4.69) is 15.2 Å². The van der Waals surface area contributed by atoms with Gasteiger partial charge in [0.15, 0.2) is 5.76 Å². The Kier molecular flexibility index (Phi) is 4.77. The number of hydrogen-bond acceptors (Lipinski definition) is 5.